The van der Waals surface area contributed by atoms with Gasteiger partial charge in [0.15, 0.2) is 29.7 Å². The van der Waals surface area contributed by atoms with E-state index in [1.54, 1.807) is 20.8 Å². The van der Waals surface area contributed by atoms with Crippen LogP contribution in [0.3, 0.4) is 0 Å². The van der Waals surface area contributed by atoms with Gasteiger partial charge in [-0.05, 0) is 44.0 Å². The summed E-state index contributed by atoms with van der Waals surface area (Å²) in [6.45, 7) is 4.38. The Bertz CT molecular complexity index is 1400. The van der Waals surface area contributed by atoms with E-state index in [0.717, 1.165) is 6.08 Å². The average molecular weight is 745 g/mol. The summed E-state index contributed by atoms with van der Waals surface area (Å²) in [6.07, 6.45) is -7.66. The molecule has 12 atom stereocenters. The molecule has 0 radical (unpaired) electrons. The number of aromatic hydroxyl groups is 1. The quantitative estimate of drug-likeness (QED) is 0.0657. The number of aliphatic hydroxyl groups is 8. The molecule has 17 nitrogen and oxygen atoms in total. The van der Waals surface area contributed by atoms with Crippen molar-refractivity contribution in [2.24, 2.45) is 5.41 Å². The molecule has 9 N–H and O–H groups in total. The Kier molecular flexibility index (Phi) is 13.0. The lowest BCUT2D eigenvalue weighted by Gasteiger charge is -2.55. The van der Waals surface area contributed by atoms with E-state index in [0.29, 0.717) is 5.56 Å². The largest absolute Gasteiger partial charge is 0.502 e. The predicted octanol–water partition coefficient (Wildman–Crippen LogP) is -1.14. The minimum Gasteiger partial charge on any atom is -0.502 e. The Labute approximate surface area is 301 Å². The number of phenolic OH excluding ortho intramolecular Hbond substituents is 1. The van der Waals surface area contributed by atoms with Crippen molar-refractivity contribution < 1.29 is 83.9 Å². The second-order valence-corrected chi connectivity index (χ2v) is 14.4. The SMILES string of the molecule is COc1cc(C=CC(=O)OC[C@@]2(O)CO[C@@H](O[C@H]3[C@H](O[C@H](C)C=C[C@@]4(O)C(C)(C)C[C@H](O)C[C@@]4(C)O)O[C@H](CO)[C@@H](O)[C@@H]3O)[C@@H]2O)cc(OC)c1O. The molecule has 3 aliphatic rings. The highest BCUT2D eigenvalue weighted by molar-refractivity contribution is 5.87. The number of hydrogen-bond acceptors (Lipinski definition) is 17. The van der Waals surface area contributed by atoms with Crippen LogP contribution in [0.2, 0.25) is 0 Å². The first-order chi connectivity index (χ1) is 24.2. The zero-order valence-electron chi connectivity index (χ0n) is 30.0. The third-order valence-corrected chi connectivity index (χ3v) is 9.99. The maximum Gasteiger partial charge on any atom is 0.330 e. The van der Waals surface area contributed by atoms with Crippen LogP contribution in [0.1, 0.15) is 46.1 Å². The second-order valence-electron chi connectivity index (χ2n) is 14.4. The van der Waals surface area contributed by atoms with Gasteiger partial charge in [0.05, 0.1) is 45.2 Å². The number of benzene rings is 1. The maximum absolute atomic E-state index is 12.5. The smallest absolute Gasteiger partial charge is 0.330 e. The van der Waals surface area contributed by atoms with Crippen molar-refractivity contribution >= 4 is 12.0 Å². The molecule has 1 aromatic carbocycles. The van der Waals surface area contributed by atoms with Gasteiger partial charge >= 0.3 is 5.97 Å². The van der Waals surface area contributed by atoms with E-state index in [-0.39, 0.29) is 30.1 Å². The van der Waals surface area contributed by atoms with Gasteiger partial charge in [0.1, 0.15) is 42.7 Å². The van der Waals surface area contributed by atoms with E-state index < -0.39 is 103 Å². The van der Waals surface area contributed by atoms with E-state index in [4.69, 9.17) is 33.2 Å². The molecule has 1 saturated carbocycles. The molecule has 3 fully saturated rings. The minimum atomic E-state index is -2.16. The van der Waals surface area contributed by atoms with Gasteiger partial charge in [0.25, 0.3) is 0 Å². The maximum atomic E-state index is 12.5. The first-order valence-corrected chi connectivity index (χ1v) is 16.8. The average Bonchev–Trinajstić information content (AvgIpc) is 3.36. The van der Waals surface area contributed by atoms with Gasteiger partial charge in [0, 0.05) is 17.9 Å². The molecule has 4 rings (SSSR count). The Hall–Kier alpha value is -2.91. The fraction of sp³-hybridized carbons (Fsp3) is 0.686. The molecule has 1 aromatic rings. The molecule has 2 heterocycles. The van der Waals surface area contributed by atoms with E-state index in [2.05, 4.69) is 0 Å². The fourth-order valence-electron chi connectivity index (χ4n) is 6.88. The molecule has 17 heteroatoms. The van der Waals surface area contributed by atoms with Crippen LogP contribution in [-0.2, 0) is 28.5 Å². The number of aliphatic hydroxyl groups excluding tert-OH is 5. The summed E-state index contributed by atoms with van der Waals surface area (Å²) < 4.78 is 38.2. The van der Waals surface area contributed by atoms with E-state index in [1.807, 2.05) is 0 Å². The third kappa shape index (κ3) is 8.56. The van der Waals surface area contributed by atoms with Crippen molar-refractivity contribution in [2.75, 3.05) is 34.0 Å². The van der Waals surface area contributed by atoms with Crippen LogP contribution < -0.4 is 9.47 Å². The molecular weight excluding hydrogens is 692 g/mol. The fourth-order valence-corrected chi connectivity index (χ4v) is 6.88. The van der Waals surface area contributed by atoms with Crippen molar-refractivity contribution in [3.63, 3.8) is 0 Å². The van der Waals surface area contributed by atoms with Crippen molar-refractivity contribution in [1.29, 1.82) is 0 Å². The van der Waals surface area contributed by atoms with Crippen LogP contribution in [0.4, 0.5) is 0 Å². The molecule has 0 spiro atoms. The molecular formula is C35H52O17. The Morgan fingerprint density at radius 2 is 1.63 bits per heavy atom. The van der Waals surface area contributed by atoms with Crippen LogP contribution in [0.5, 0.6) is 17.2 Å². The van der Waals surface area contributed by atoms with Crippen LogP contribution in [0.25, 0.3) is 6.08 Å². The van der Waals surface area contributed by atoms with Gasteiger partial charge in [-0.2, -0.15) is 0 Å². The molecule has 0 bridgehead atoms. The van der Waals surface area contributed by atoms with Gasteiger partial charge in [-0.15, -0.1) is 0 Å². The van der Waals surface area contributed by atoms with Crippen LogP contribution in [-0.4, -0.2) is 158 Å². The monoisotopic (exact) mass is 744 g/mol. The van der Waals surface area contributed by atoms with E-state index in [1.165, 1.54) is 51.5 Å². The lowest BCUT2D eigenvalue weighted by molar-refractivity contribution is -0.339. The molecule has 0 aromatic heterocycles. The van der Waals surface area contributed by atoms with E-state index >= 15 is 0 Å². The van der Waals surface area contributed by atoms with Crippen molar-refractivity contribution in [3.8, 4) is 17.2 Å². The van der Waals surface area contributed by atoms with Gasteiger partial charge < -0.3 is 79.1 Å². The van der Waals surface area contributed by atoms with Crippen molar-refractivity contribution in [1.82, 2.24) is 0 Å². The number of phenols is 1. The Morgan fingerprint density at radius 3 is 2.21 bits per heavy atom. The summed E-state index contributed by atoms with van der Waals surface area (Å²) in [5.74, 6) is -0.930. The molecule has 2 aliphatic heterocycles. The molecule has 1 aliphatic carbocycles. The lowest BCUT2D eigenvalue weighted by Crippen LogP contribution is -2.65. The second kappa shape index (κ2) is 16.2. The zero-order valence-corrected chi connectivity index (χ0v) is 30.0. The molecule has 52 heavy (non-hydrogen) atoms. The van der Waals surface area contributed by atoms with Gasteiger partial charge in [0.2, 0.25) is 5.75 Å². The topological polar surface area (TPSA) is 264 Å². The summed E-state index contributed by atoms with van der Waals surface area (Å²) in [6, 6.07) is 2.89. The third-order valence-electron chi connectivity index (χ3n) is 9.99. The molecule has 0 amide bonds. The highest BCUT2D eigenvalue weighted by Gasteiger charge is 2.59. The van der Waals surface area contributed by atoms with Gasteiger partial charge in [-0.25, -0.2) is 4.79 Å². The standard InChI is InChI=1S/C35H52O17/c1-18(9-10-35(45)32(2,3)13-20(37)14-33(35,4)43)50-30-28(27(41)26(40)23(15-36)51-30)52-31-29(42)34(44,17-49-31)16-48-24(38)8-7-19-11-21(46-5)25(39)22(12-19)47-6/h7-12,18,20,23,26-31,36-37,39-45H,13-17H2,1-6H3/t18-,20+,23-,26-,27+,28-,29+,30-,31+,33-,34-,35-/m1/s1. The van der Waals surface area contributed by atoms with Crippen LogP contribution in [0, 0.1) is 5.41 Å². The molecule has 294 valence electrons. The Balaban J connectivity index is 1.43. The first-order valence-electron chi connectivity index (χ1n) is 16.8. The Morgan fingerprint density at radius 1 is 1.00 bits per heavy atom. The van der Waals surface area contributed by atoms with Crippen LogP contribution in [0.15, 0.2) is 30.4 Å². The summed E-state index contributed by atoms with van der Waals surface area (Å²) in [5, 5.41) is 96.4. The minimum absolute atomic E-state index is 0.0759. The summed E-state index contributed by atoms with van der Waals surface area (Å²) >= 11 is 0. The van der Waals surface area contributed by atoms with Crippen molar-refractivity contribution in [3.05, 3.63) is 35.9 Å². The molecule has 2 saturated heterocycles. The summed E-state index contributed by atoms with van der Waals surface area (Å²) in [7, 11) is 2.69. The number of hydrogen-bond donors (Lipinski definition) is 9. The number of carbonyl (C=O) groups excluding carboxylic acids is 1. The summed E-state index contributed by atoms with van der Waals surface area (Å²) in [5.41, 5.74) is -6.19. The number of rotatable bonds is 13. The highest BCUT2D eigenvalue weighted by Crippen LogP contribution is 2.50. The predicted molar refractivity (Wildman–Crippen MR) is 179 cm³/mol. The van der Waals surface area contributed by atoms with Gasteiger partial charge in [-0.1, -0.05) is 26.0 Å². The van der Waals surface area contributed by atoms with Crippen molar-refractivity contribution in [2.45, 2.75) is 113 Å². The van der Waals surface area contributed by atoms with Gasteiger partial charge in [-0.3, -0.25) is 0 Å². The highest BCUT2D eigenvalue weighted by atomic mass is 16.8. The molecule has 0 unspecified atom stereocenters. The zero-order chi connectivity index (χ0) is 38.8. The number of esters is 1. The van der Waals surface area contributed by atoms with E-state index in [9.17, 15) is 50.8 Å². The number of ether oxygens (including phenoxy) is 7. The summed E-state index contributed by atoms with van der Waals surface area (Å²) in [4.78, 5) is 12.5. The normalized spacial score (nSPS) is 38.4. The number of methoxy groups -OCH3 is 2. The lowest BCUT2D eigenvalue weighted by atomic mass is 9.57. The van der Waals surface area contributed by atoms with Crippen LogP contribution >= 0.6 is 0 Å². The number of carbonyl (C=O) groups is 1. The first kappa shape index (κ1) is 41.8.